The molecule has 1 aromatic rings. The van der Waals surface area contributed by atoms with Crippen LogP contribution < -0.4 is 5.32 Å². The molecule has 0 aliphatic carbocycles. The molecule has 1 rings (SSSR count). The van der Waals surface area contributed by atoms with Crippen molar-refractivity contribution in [2.75, 3.05) is 27.3 Å². The molecule has 0 aliphatic heterocycles. The van der Waals surface area contributed by atoms with Crippen LogP contribution in [0.15, 0.2) is 10.3 Å². The van der Waals surface area contributed by atoms with Crippen molar-refractivity contribution in [2.24, 2.45) is 0 Å². The third-order valence-corrected chi connectivity index (χ3v) is 7.03. The summed E-state index contributed by atoms with van der Waals surface area (Å²) in [4.78, 5) is 1.08. The van der Waals surface area contributed by atoms with E-state index in [4.69, 9.17) is 4.74 Å². The van der Waals surface area contributed by atoms with Crippen LogP contribution >= 0.6 is 11.3 Å². The molecule has 0 bridgehead atoms. The summed E-state index contributed by atoms with van der Waals surface area (Å²) in [5, 5.41) is 3.31. The van der Waals surface area contributed by atoms with E-state index < -0.39 is 10.0 Å². The lowest BCUT2D eigenvalue weighted by Gasteiger charge is -2.22. The van der Waals surface area contributed by atoms with Gasteiger partial charge in [-0.05, 0) is 38.4 Å². The van der Waals surface area contributed by atoms with E-state index in [1.165, 1.54) is 15.6 Å². The molecule has 5 nitrogen and oxygen atoms in total. The molecule has 1 N–H and O–H groups in total. The van der Waals surface area contributed by atoms with Gasteiger partial charge < -0.3 is 10.1 Å². The molecule has 1 unspecified atom stereocenters. The van der Waals surface area contributed by atoms with Crippen LogP contribution in [0.5, 0.6) is 0 Å². The Labute approximate surface area is 132 Å². The number of nitrogens with one attached hydrogen (secondary N) is 1. The Morgan fingerprint density at radius 2 is 2.14 bits per heavy atom. The summed E-state index contributed by atoms with van der Waals surface area (Å²) < 4.78 is 32.0. The standard InChI is InChI=1S/C14H26N2O3S2/c1-6-7-15-9-13-11(2)8-14(20-13)21(17,18)16(4)12(3)10-19-5/h8,12,15H,6-7,9-10H2,1-5H3. The molecular weight excluding hydrogens is 308 g/mol. The summed E-state index contributed by atoms with van der Waals surface area (Å²) in [6.07, 6.45) is 1.06. The molecule has 122 valence electrons. The van der Waals surface area contributed by atoms with E-state index in [0.717, 1.165) is 30.0 Å². The van der Waals surface area contributed by atoms with Gasteiger partial charge in [-0.1, -0.05) is 6.92 Å². The minimum atomic E-state index is -3.45. The van der Waals surface area contributed by atoms with Crippen molar-refractivity contribution < 1.29 is 13.2 Å². The molecule has 0 fully saturated rings. The average molecular weight is 335 g/mol. The minimum Gasteiger partial charge on any atom is -0.383 e. The van der Waals surface area contributed by atoms with Crippen LogP contribution in [0.2, 0.25) is 0 Å². The number of sulfonamides is 1. The first kappa shape index (κ1) is 18.6. The Balaban J connectivity index is 2.91. The van der Waals surface area contributed by atoms with Gasteiger partial charge in [-0.2, -0.15) is 4.31 Å². The normalized spacial score (nSPS) is 13.8. The second-order valence-corrected chi connectivity index (χ2v) is 8.54. The van der Waals surface area contributed by atoms with Gasteiger partial charge in [0.2, 0.25) is 0 Å². The van der Waals surface area contributed by atoms with Gasteiger partial charge in [0.15, 0.2) is 0 Å². The summed E-state index contributed by atoms with van der Waals surface area (Å²) in [6.45, 7) is 7.94. The van der Waals surface area contributed by atoms with Crippen LogP contribution in [-0.2, 0) is 21.3 Å². The second kappa shape index (κ2) is 8.24. The monoisotopic (exact) mass is 334 g/mol. The fourth-order valence-electron chi connectivity index (χ4n) is 1.89. The highest BCUT2D eigenvalue weighted by atomic mass is 32.2. The predicted molar refractivity (Wildman–Crippen MR) is 87.3 cm³/mol. The second-order valence-electron chi connectivity index (χ2n) is 5.17. The van der Waals surface area contributed by atoms with Gasteiger partial charge >= 0.3 is 0 Å². The topological polar surface area (TPSA) is 58.6 Å². The Morgan fingerprint density at radius 1 is 1.48 bits per heavy atom. The van der Waals surface area contributed by atoms with Crippen LogP contribution in [0.4, 0.5) is 0 Å². The highest BCUT2D eigenvalue weighted by molar-refractivity contribution is 7.91. The highest BCUT2D eigenvalue weighted by Gasteiger charge is 2.27. The molecule has 1 atom stereocenters. The number of likely N-dealkylation sites (N-methyl/N-ethyl adjacent to an activating group) is 1. The van der Waals surface area contributed by atoms with Gasteiger partial charge in [0.05, 0.1) is 6.61 Å². The summed E-state index contributed by atoms with van der Waals surface area (Å²) in [6, 6.07) is 1.57. The lowest BCUT2D eigenvalue weighted by Crippen LogP contribution is -2.37. The zero-order chi connectivity index (χ0) is 16.0. The number of hydrogen-bond donors (Lipinski definition) is 1. The fraction of sp³-hybridized carbons (Fsp3) is 0.714. The zero-order valence-electron chi connectivity index (χ0n) is 13.5. The fourth-order valence-corrected chi connectivity index (χ4v) is 4.99. The van der Waals surface area contributed by atoms with Crippen LogP contribution in [0.1, 0.15) is 30.7 Å². The first-order valence-corrected chi connectivity index (χ1v) is 9.37. The summed E-state index contributed by atoms with van der Waals surface area (Å²) in [5.74, 6) is 0. The lowest BCUT2D eigenvalue weighted by molar-refractivity contribution is 0.149. The van der Waals surface area contributed by atoms with Crippen LogP contribution in [0.25, 0.3) is 0 Å². The maximum absolute atomic E-state index is 12.6. The minimum absolute atomic E-state index is 0.191. The van der Waals surface area contributed by atoms with Crippen molar-refractivity contribution in [3.8, 4) is 0 Å². The van der Waals surface area contributed by atoms with Crippen molar-refractivity contribution in [3.63, 3.8) is 0 Å². The number of methoxy groups -OCH3 is 1. The number of thiophene rings is 1. The number of hydrogen-bond acceptors (Lipinski definition) is 5. The molecule has 0 spiro atoms. The van der Waals surface area contributed by atoms with E-state index in [0.29, 0.717) is 10.8 Å². The highest BCUT2D eigenvalue weighted by Crippen LogP contribution is 2.28. The van der Waals surface area contributed by atoms with Crippen molar-refractivity contribution in [1.82, 2.24) is 9.62 Å². The predicted octanol–water partition coefficient (Wildman–Crippen LogP) is 2.21. The van der Waals surface area contributed by atoms with Gasteiger partial charge in [0.1, 0.15) is 4.21 Å². The van der Waals surface area contributed by atoms with Gasteiger partial charge in [-0.25, -0.2) is 8.42 Å². The average Bonchev–Trinajstić information content (AvgIpc) is 2.81. The SMILES string of the molecule is CCCNCc1sc(S(=O)(=O)N(C)C(C)COC)cc1C. The van der Waals surface area contributed by atoms with E-state index in [2.05, 4.69) is 12.2 Å². The molecule has 0 saturated carbocycles. The zero-order valence-corrected chi connectivity index (χ0v) is 15.1. The Hall–Kier alpha value is -0.470. The molecule has 0 radical (unpaired) electrons. The van der Waals surface area contributed by atoms with Crippen molar-refractivity contribution in [1.29, 1.82) is 0 Å². The molecule has 0 amide bonds. The van der Waals surface area contributed by atoms with Gasteiger partial charge in [-0.15, -0.1) is 11.3 Å². The van der Waals surface area contributed by atoms with Gasteiger partial charge in [-0.3, -0.25) is 0 Å². The number of nitrogens with zero attached hydrogens (tertiary/aromatic N) is 1. The summed E-state index contributed by atoms with van der Waals surface area (Å²) in [7, 11) is -0.275. The smallest absolute Gasteiger partial charge is 0.252 e. The van der Waals surface area contributed by atoms with Crippen LogP contribution in [-0.4, -0.2) is 46.1 Å². The molecule has 0 aliphatic rings. The van der Waals surface area contributed by atoms with E-state index in [1.807, 2.05) is 13.8 Å². The van der Waals surface area contributed by atoms with E-state index in [9.17, 15) is 8.42 Å². The summed E-state index contributed by atoms with van der Waals surface area (Å²) >= 11 is 1.35. The number of aryl methyl sites for hydroxylation is 1. The van der Waals surface area contributed by atoms with E-state index >= 15 is 0 Å². The molecule has 1 aromatic heterocycles. The number of rotatable bonds is 9. The molecule has 1 heterocycles. The van der Waals surface area contributed by atoms with Gasteiger partial charge in [0.25, 0.3) is 10.0 Å². The van der Waals surface area contributed by atoms with Gasteiger partial charge in [0, 0.05) is 31.6 Å². The van der Waals surface area contributed by atoms with Crippen LogP contribution in [0.3, 0.4) is 0 Å². The quantitative estimate of drug-likeness (QED) is 0.704. The molecule has 21 heavy (non-hydrogen) atoms. The maximum atomic E-state index is 12.6. The molecule has 7 heteroatoms. The van der Waals surface area contributed by atoms with Crippen molar-refractivity contribution >= 4 is 21.4 Å². The van der Waals surface area contributed by atoms with Crippen molar-refractivity contribution in [2.45, 2.75) is 44.0 Å². The Kier molecular flexibility index (Phi) is 7.29. The molecular formula is C14H26N2O3S2. The van der Waals surface area contributed by atoms with Crippen molar-refractivity contribution in [3.05, 3.63) is 16.5 Å². The van der Waals surface area contributed by atoms with E-state index in [1.54, 1.807) is 20.2 Å². The first-order valence-electron chi connectivity index (χ1n) is 7.11. The largest absolute Gasteiger partial charge is 0.383 e. The third-order valence-electron chi connectivity index (χ3n) is 3.37. The summed E-state index contributed by atoms with van der Waals surface area (Å²) in [5.41, 5.74) is 1.02. The Bertz CT molecular complexity index is 540. The maximum Gasteiger partial charge on any atom is 0.252 e. The third kappa shape index (κ3) is 4.75. The molecule has 0 saturated heterocycles. The molecule has 0 aromatic carbocycles. The lowest BCUT2D eigenvalue weighted by atomic mass is 10.3. The van der Waals surface area contributed by atoms with Crippen LogP contribution in [0, 0.1) is 6.92 Å². The van der Waals surface area contributed by atoms with E-state index in [-0.39, 0.29) is 6.04 Å². The number of ether oxygens (including phenoxy) is 1. The Morgan fingerprint density at radius 3 is 2.71 bits per heavy atom. The first-order chi connectivity index (χ1) is 9.84.